The SMILES string of the molecule is CC1=C(C)C(=O)C(CCNC(N)=O)=C(C)C1=O. The molecule has 0 saturated heterocycles. The molecule has 0 spiro atoms. The van der Waals surface area contributed by atoms with Crippen LogP contribution >= 0.6 is 0 Å². The van der Waals surface area contributed by atoms with Gasteiger partial charge in [0.25, 0.3) is 0 Å². The molecule has 0 heterocycles. The molecular weight excluding hydrogens is 220 g/mol. The quantitative estimate of drug-likeness (QED) is 0.712. The van der Waals surface area contributed by atoms with Gasteiger partial charge in [-0.1, -0.05) is 0 Å². The number of rotatable bonds is 3. The van der Waals surface area contributed by atoms with Gasteiger partial charge in [0.1, 0.15) is 0 Å². The third-order valence-electron chi connectivity index (χ3n) is 2.99. The Morgan fingerprint density at radius 2 is 1.59 bits per heavy atom. The van der Waals surface area contributed by atoms with Gasteiger partial charge in [0, 0.05) is 28.8 Å². The van der Waals surface area contributed by atoms with Crippen LogP contribution in [0.4, 0.5) is 4.79 Å². The third kappa shape index (κ3) is 2.61. The van der Waals surface area contributed by atoms with E-state index < -0.39 is 6.03 Å². The Morgan fingerprint density at radius 1 is 1.06 bits per heavy atom. The molecule has 0 aliphatic heterocycles. The van der Waals surface area contributed by atoms with Gasteiger partial charge in [-0.25, -0.2) is 4.79 Å². The standard InChI is InChI=1S/C12H16N2O3/c1-6-7(2)11(16)9(8(3)10(6)15)4-5-14-12(13)17/h4-5H2,1-3H3,(H3,13,14,17). The molecule has 0 aromatic rings. The number of carbonyl (C=O) groups is 3. The molecular formula is C12H16N2O3. The average Bonchev–Trinajstić information content (AvgIpc) is 2.28. The zero-order chi connectivity index (χ0) is 13.2. The number of ketones is 2. The molecule has 17 heavy (non-hydrogen) atoms. The molecule has 3 N–H and O–H groups in total. The second-order valence-electron chi connectivity index (χ2n) is 4.05. The number of amides is 2. The maximum absolute atomic E-state index is 12.0. The Kier molecular flexibility index (Phi) is 3.83. The van der Waals surface area contributed by atoms with Crippen molar-refractivity contribution >= 4 is 17.6 Å². The van der Waals surface area contributed by atoms with Crippen molar-refractivity contribution in [3.63, 3.8) is 0 Å². The molecule has 1 aliphatic carbocycles. The number of primary amides is 1. The summed E-state index contributed by atoms with van der Waals surface area (Å²) in [6, 6.07) is -0.638. The third-order valence-corrected chi connectivity index (χ3v) is 2.99. The van der Waals surface area contributed by atoms with Crippen molar-refractivity contribution in [1.82, 2.24) is 5.32 Å². The lowest BCUT2D eigenvalue weighted by molar-refractivity contribution is -0.116. The van der Waals surface area contributed by atoms with Crippen molar-refractivity contribution in [1.29, 1.82) is 0 Å². The molecule has 5 heteroatoms. The van der Waals surface area contributed by atoms with Crippen molar-refractivity contribution in [3.05, 3.63) is 22.3 Å². The summed E-state index contributed by atoms with van der Waals surface area (Å²) in [6.07, 6.45) is 0.323. The molecule has 5 nitrogen and oxygen atoms in total. The summed E-state index contributed by atoms with van der Waals surface area (Å²) in [5.41, 5.74) is 6.83. The Bertz CT molecular complexity index is 458. The molecule has 0 aromatic carbocycles. The first-order valence-corrected chi connectivity index (χ1v) is 5.36. The number of hydrogen-bond donors (Lipinski definition) is 2. The van der Waals surface area contributed by atoms with Crippen LogP contribution in [0.3, 0.4) is 0 Å². The fourth-order valence-corrected chi connectivity index (χ4v) is 1.77. The van der Waals surface area contributed by atoms with E-state index in [1.54, 1.807) is 20.8 Å². The smallest absolute Gasteiger partial charge is 0.312 e. The van der Waals surface area contributed by atoms with Crippen LogP contribution in [0.25, 0.3) is 0 Å². The van der Waals surface area contributed by atoms with Crippen molar-refractivity contribution in [2.75, 3.05) is 6.54 Å². The van der Waals surface area contributed by atoms with Gasteiger partial charge in [-0.05, 0) is 27.2 Å². The number of urea groups is 1. The van der Waals surface area contributed by atoms with Crippen LogP contribution in [-0.2, 0) is 9.59 Å². The molecule has 1 rings (SSSR count). The van der Waals surface area contributed by atoms with E-state index in [1.165, 1.54) is 0 Å². The first-order valence-electron chi connectivity index (χ1n) is 5.36. The largest absolute Gasteiger partial charge is 0.352 e. The van der Waals surface area contributed by atoms with Crippen LogP contribution < -0.4 is 11.1 Å². The second-order valence-corrected chi connectivity index (χ2v) is 4.05. The van der Waals surface area contributed by atoms with Crippen molar-refractivity contribution < 1.29 is 14.4 Å². The lowest BCUT2D eigenvalue weighted by atomic mass is 9.84. The van der Waals surface area contributed by atoms with Gasteiger partial charge >= 0.3 is 6.03 Å². The lowest BCUT2D eigenvalue weighted by Gasteiger charge is -2.18. The van der Waals surface area contributed by atoms with Gasteiger partial charge < -0.3 is 11.1 Å². The fraction of sp³-hybridized carbons (Fsp3) is 0.417. The monoisotopic (exact) mass is 236 g/mol. The summed E-state index contributed by atoms with van der Waals surface area (Å²) in [6.45, 7) is 5.18. The van der Waals surface area contributed by atoms with Gasteiger partial charge in [-0.2, -0.15) is 0 Å². The summed E-state index contributed by atoms with van der Waals surface area (Å²) in [7, 11) is 0. The number of hydrogen-bond acceptors (Lipinski definition) is 3. The average molecular weight is 236 g/mol. The van der Waals surface area contributed by atoms with E-state index in [9.17, 15) is 14.4 Å². The number of nitrogens with one attached hydrogen (secondary N) is 1. The first kappa shape index (κ1) is 13.2. The summed E-state index contributed by atoms with van der Waals surface area (Å²) >= 11 is 0. The Morgan fingerprint density at radius 3 is 2.12 bits per heavy atom. The van der Waals surface area contributed by atoms with Crippen molar-refractivity contribution in [2.24, 2.45) is 5.73 Å². The number of carbonyl (C=O) groups excluding carboxylic acids is 3. The predicted octanol–water partition coefficient (Wildman–Crippen LogP) is 0.849. The molecule has 0 saturated carbocycles. The molecule has 0 bridgehead atoms. The van der Waals surface area contributed by atoms with Crippen LogP contribution in [0.1, 0.15) is 27.2 Å². The minimum Gasteiger partial charge on any atom is -0.352 e. The van der Waals surface area contributed by atoms with Gasteiger partial charge in [0.15, 0.2) is 11.6 Å². The first-order chi connectivity index (χ1) is 7.86. The maximum Gasteiger partial charge on any atom is 0.312 e. The molecule has 92 valence electrons. The summed E-state index contributed by atoms with van der Waals surface area (Å²) < 4.78 is 0. The molecule has 1 aliphatic rings. The van der Waals surface area contributed by atoms with E-state index in [4.69, 9.17) is 5.73 Å². The van der Waals surface area contributed by atoms with E-state index in [0.717, 1.165) is 0 Å². The van der Waals surface area contributed by atoms with Crippen molar-refractivity contribution in [3.8, 4) is 0 Å². The molecule has 0 unspecified atom stereocenters. The summed E-state index contributed by atoms with van der Waals surface area (Å²) in [5.74, 6) is -0.220. The zero-order valence-electron chi connectivity index (χ0n) is 10.2. The highest BCUT2D eigenvalue weighted by Crippen LogP contribution is 2.25. The molecule has 0 fully saturated rings. The lowest BCUT2D eigenvalue weighted by Crippen LogP contribution is -2.31. The van der Waals surface area contributed by atoms with Crippen molar-refractivity contribution in [2.45, 2.75) is 27.2 Å². The van der Waals surface area contributed by atoms with E-state index in [2.05, 4.69) is 5.32 Å². The topological polar surface area (TPSA) is 89.3 Å². The Labute approximate surface area is 99.7 Å². The van der Waals surface area contributed by atoms with E-state index >= 15 is 0 Å². The van der Waals surface area contributed by atoms with Crippen LogP contribution in [0.5, 0.6) is 0 Å². The highest BCUT2D eigenvalue weighted by molar-refractivity contribution is 6.24. The van der Waals surface area contributed by atoms with Crippen LogP contribution in [-0.4, -0.2) is 24.1 Å². The van der Waals surface area contributed by atoms with E-state index in [-0.39, 0.29) is 18.1 Å². The maximum atomic E-state index is 12.0. The van der Waals surface area contributed by atoms with E-state index in [0.29, 0.717) is 28.7 Å². The molecule has 0 atom stereocenters. The zero-order valence-corrected chi connectivity index (χ0v) is 10.2. The number of Topliss-reactive ketones (excluding diaryl/α,β-unsaturated/α-hetero) is 2. The Balaban J connectivity index is 2.88. The van der Waals surface area contributed by atoms with Gasteiger partial charge in [-0.15, -0.1) is 0 Å². The second kappa shape index (κ2) is 4.95. The highest BCUT2D eigenvalue weighted by Gasteiger charge is 2.27. The van der Waals surface area contributed by atoms with Gasteiger partial charge in [-0.3, -0.25) is 9.59 Å². The molecule has 0 aromatic heterocycles. The fourth-order valence-electron chi connectivity index (χ4n) is 1.77. The minimum absolute atomic E-state index is 0.101. The van der Waals surface area contributed by atoms with Crippen LogP contribution in [0.15, 0.2) is 22.3 Å². The highest BCUT2D eigenvalue weighted by atomic mass is 16.2. The summed E-state index contributed by atoms with van der Waals surface area (Å²) in [4.78, 5) is 34.3. The Hall–Kier alpha value is -1.91. The molecule has 2 amide bonds. The van der Waals surface area contributed by atoms with Crippen LogP contribution in [0.2, 0.25) is 0 Å². The molecule has 0 radical (unpaired) electrons. The summed E-state index contributed by atoms with van der Waals surface area (Å²) in [5, 5.41) is 2.40. The minimum atomic E-state index is -0.638. The normalized spacial score (nSPS) is 16.6. The number of nitrogens with two attached hydrogens (primary N) is 1. The van der Waals surface area contributed by atoms with Crippen LogP contribution in [0, 0.1) is 0 Å². The van der Waals surface area contributed by atoms with Gasteiger partial charge in [0.05, 0.1) is 0 Å². The van der Waals surface area contributed by atoms with E-state index in [1.807, 2.05) is 0 Å². The van der Waals surface area contributed by atoms with Gasteiger partial charge in [0.2, 0.25) is 0 Å². The predicted molar refractivity (Wildman–Crippen MR) is 63.3 cm³/mol. The number of allylic oxidation sites excluding steroid dienone is 3.